The Kier molecular flexibility index (Phi) is 6.77. The lowest BCUT2D eigenvalue weighted by Crippen LogP contribution is -2.50. The second-order valence-corrected chi connectivity index (χ2v) is 11.9. The Balaban J connectivity index is 1.60. The van der Waals surface area contributed by atoms with Gasteiger partial charge in [0.25, 0.3) is 0 Å². The highest BCUT2D eigenvalue weighted by molar-refractivity contribution is 5.68. The van der Waals surface area contributed by atoms with Gasteiger partial charge in [0, 0.05) is 69.4 Å². The van der Waals surface area contributed by atoms with Crippen molar-refractivity contribution in [1.29, 1.82) is 0 Å². The lowest BCUT2D eigenvalue weighted by atomic mass is 9.81. The summed E-state index contributed by atoms with van der Waals surface area (Å²) < 4.78 is 7.89. The summed E-state index contributed by atoms with van der Waals surface area (Å²) in [6.07, 6.45) is 2.13. The maximum Gasteiger partial charge on any atom is 0.162 e. The smallest absolute Gasteiger partial charge is 0.162 e. The van der Waals surface area contributed by atoms with Crippen LogP contribution in [-0.2, 0) is 24.8 Å². The number of hydrogen-bond donors (Lipinski definition) is 0. The minimum absolute atomic E-state index is 0.0339. The zero-order valence-electron chi connectivity index (χ0n) is 23.8. The normalized spacial score (nSPS) is 19.4. The zero-order valence-corrected chi connectivity index (χ0v) is 23.8. The van der Waals surface area contributed by atoms with Gasteiger partial charge in [-0.1, -0.05) is 45.9 Å². The quantitative estimate of drug-likeness (QED) is 0.464. The summed E-state index contributed by atoms with van der Waals surface area (Å²) in [5.41, 5.74) is 7.20. The summed E-state index contributed by atoms with van der Waals surface area (Å²) in [5.74, 6) is 3.51. The van der Waals surface area contributed by atoms with Crippen LogP contribution in [0.1, 0.15) is 68.1 Å². The van der Waals surface area contributed by atoms with Crippen molar-refractivity contribution in [2.24, 2.45) is 12.5 Å². The van der Waals surface area contributed by atoms with Crippen molar-refractivity contribution in [2.45, 2.75) is 73.0 Å². The average molecular weight is 503 g/mol. The van der Waals surface area contributed by atoms with E-state index < -0.39 is 0 Å². The molecule has 4 heterocycles. The number of methoxy groups -OCH3 is 1. The van der Waals surface area contributed by atoms with E-state index in [1.54, 1.807) is 0 Å². The van der Waals surface area contributed by atoms with Gasteiger partial charge in [0.1, 0.15) is 11.6 Å². The van der Waals surface area contributed by atoms with Gasteiger partial charge in [-0.3, -0.25) is 4.68 Å². The molecule has 0 bridgehead atoms. The first-order valence-corrected chi connectivity index (χ1v) is 13.6. The maximum absolute atomic E-state index is 5.86. The third kappa shape index (κ3) is 4.74. The highest BCUT2D eigenvalue weighted by atomic mass is 16.5. The SMILES string of the molecule is COC1CCN(c2nc(-c3c(C)cccc3C)nc3c2CN(c2cc(C(C)C)nn2C)CC3)CC1(C)C. The Bertz CT molecular complexity index is 1270. The van der Waals surface area contributed by atoms with Gasteiger partial charge >= 0.3 is 0 Å². The van der Waals surface area contributed by atoms with Crippen LogP contribution < -0.4 is 9.80 Å². The molecule has 1 aromatic carbocycles. The van der Waals surface area contributed by atoms with Crippen LogP contribution in [0.2, 0.25) is 0 Å². The molecule has 7 nitrogen and oxygen atoms in total. The molecule has 198 valence electrons. The Hall–Kier alpha value is -2.93. The minimum Gasteiger partial charge on any atom is -0.381 e. The number of hydrogen-bond acceptors (Lipinski definition) is 6. The topological polar surface area (TPSA) is 59.3 Å². The summed E-state index contributed by atoms with van der Waals surface area (Å²) in [6, 6.07) is 8.68. The van der Waals surface area contributed by atoms with Crippen molar-refractivity contribution in [1.82, 2.24) is 19.7 Å². The summed E-state index contributed by atoms with van der Waals surface area (Å²) >= 11 is 0. The second-order valence-electron chi connectivity index (χ2n) is 11.9. The molecule has 0 aliphatic carbocycles. The van der Waals surface area contributed by atoms with Crippen LogP contribution in [0.3, 0.4) is 0 Å². The highest BCUT2D eigenvalue weighted by Crippen LogP contribution is 2.38. The third-order valence-electron chi connectivity index (χ3n) is 8.25. The largest absolute Gasteiger partial charge is 0.381 e. The van der Waals surface area contributed by atoms with E-state index in [2.05, 4.69) is 82.7 Å². The molecule has 1 atom stereocenters. The standard InChI is InChI=1S/C30H42N6O/c1-19(2)24-16-26(34(7)33-24)35-14-12-23-22(17-35)29(36-15-13-25(37-8)30(5,6)18-36)32-28(31-23)27-20(3)10-9-11-21(27)4/h9-11,16,19,25H,12-15,17-18H2,1-8H3. The van der Waals surface area contributed by atoms with E-state index in [-0.39, 0.29) is 11.5 Å². The van der Waals surface area contributed by atoms with Crippen LogP contribution >= 0.6 is 0 Å². The first-order valence-electron chi connectivity index (χ1n) is 13.6. The molecule has 1 saturated heterocycles. The molecule has 7 heteroatoms. The Morgan fingerprint density at radius 2 is 1.78 bits per heavy atom. The van der Waals surface area contributed by atoms with Crippen molar-refractivity contribution in [3.63, 3.8) is 0 Å². The Labute approximate surface area is 221 Å². The molecule has 1 unspecified atom stereocenters. The van der Waals surface area contributed by atoms with Crippen molar-refractivity contribution in [3.8, 4) is 11.4 Å². The number of aryl methyl sites for hydroxylation is 3. The number of aromatic nitrogens is 4. The van der Waals surface area contributed by atoms with Crippen LogP contribution in [-0.4, -0.2) is 52.6 Å². The molecule has 0 radical (unpaired) electrons. The van der Waals surface area contributed by atoms with Gasteiger partial charge < -0.3 is 14.5 Å². The molecule has 0 N–H and O–H groups in total. The van der Waals surface area contributed by atoms with E-state index in [0.717, 1.165) is 67.7 Å². The average Bonchev–Trinajstić information content (AvgIpc) is 3.24. The first kappa shape index (κ1) is 25.7. The fourth-order valence-corrected chi connectivity index (χ4v) is 6.14. The van der Waals surface area contributed by atoms with Crippen molar-refractivity contribution in [3.05, 3.63) is 52.3 Å². The van der Waals surface area contributed by atoms with Gasteiger partial charge in [-0.15, -0.1) is 0 Å². The molecular formula is C30H42N6O. The number of piperidine rings is 1. The summed E-state index contributed by atoms with van der Waals surface area (Å²) in [6.45, 7) is 16.9. The van der Waals surface area contributed by atoms with Crippen molar-refractivity contribution in [2.75, 3.05) is 36.5 Å². The fraction of sp³-hybridized carbons (Fsp3) is 0.567. The van der Waals surface area contributed by atoms with Gasteiger partial charge in [0.15, 0.2) is 5.82 Å². The van der Waals surface area contributed by atoms with Crippen LogP contribution in [0.5, 0.6) is 0 Å². The van der Waals surface area contributed by atoms with E-state index in [0.29, 0.717) is 5.92 Å². The predicted octanol–water partition coefficient (Wildman–Crippen LogP) is 5.43. The number of nitrogens with zero attached hydrogens (tertiary/aromatic N) is 6. The van der Waals surface area contributed by atoms with Gasteiger partial charge in [-0.05, 0) is 37.3 Å². The van der Waals surface area contributed by atoms with E-state index in [9.17, 15) is 0 Å². The molecule has 0 amide bonds. The third-order valence-corrected chi connectivity index (χ3v) is 8.25. The van der Waals surface area contributed by atoms with Gasteiger partial charge in [0.2, 0.25) is 0 Å². The summed E-state index contributed by atoms with van der Waals surface area (Å²) in [4.78, 5) is 15.5. The molecule has 2 aliphatic rings. The summed E-state index contributed by atoms with van der Waals surface area (Å²) in [7, 11) is 3.89. The van der Waals surface area contributed by atoms with E-state index in [1.807, 2.05) is 11.8 Å². The number of fused-ring (bicyclic) bond motifs is 1. The molecule has 2 aromatic heterocycles. The molecule has 37 heavy (non-hydrogen) atoms. The van der Waals surface area contributed by atoms with Gasteiger partial charge in [-0.25, -0.2) is 9.97 Å². The van der Waals surface area contributed by atoms with Gasteiger partial charge in [0.05, 0.1) is 17.5 Å². The van der Waals surface area contributed by atoms with E-state index in [4.69, 9.17) is 19.8 Å². The van der Waals surface area contributed by atoms with Crippen LogP contribution in [0.15, 0.2) is 24.3 Å². The molecule has 0 spiro atoms. The summed E-state index contributed by atoms with van der Waals surface area (Å²) in [5, 5.41) is 4.78. The van der Waals surface area contributed by atoms with Crippen molar-refractivity contribution >= 4 is 11.6 Å². The van der Waals surface area contributed by atoms with Crippen LogP contribution in [0, 0.1) is 19.3 Å². The monoisotopic (exact) mass is 502 g/mol. The second kappa shape index (κ2) is 9.75. The number of ether oxygens (including phenoxy) is 1. The fourth-order valence-electron chi connectivity index (χ4n) is 6.14. The zero-order chi connectivity index (χ0) is 26.5. The molecule has 2 aliphatic heterocycles. The highest BCUT2D eigenvalue weighted by Gasteiger charge is 2.38. The Morgan fingerprint density at radius 1 is 1.05 bits per heavy atom. The van der Waals surface area contributed by atoms with E-state index >= 15 is 0 Å². The number of anilines is 2. The van der Waals surface area contributed by atoms with Crippen LogP contribution in [0.4, 0.5) is 11.6 Å². The molecule has 3 aromatic rings. The molecule has 1 fully saturated rings. The molecule has 5 rings (SSSR count). The minimum atomic E-state index is 0.0339. The first-order chi connectivity index (χ1) is 17.6. The van der Waals surface area contributed by atoms with E-state index in [1.165, 1.54) is 22.4 Å². The predicted molar refractivity (Wildman–Crippen MR) is 150 cm³/mol. The van der Waals surface area contributed by atoms with Gasteiger partial charge in [-0.2, -0.15) is 5.10 Å². The lowest BCUT2D eigenvalue weighted by molar-refractivity contribution is -0.00647. The number of benzene rings is 1. The molecular weight excluding hydrogens is 460 g/mol. The number of rotatable bonds is 5. The lowest BCUT2D eigenvalue weighted by Gasteiger charge is -2.45. The Morgan fingerprint density at radius 3 is 2.41 bits per heavy atom. The maximum atomic E-state index is 5.86. The van der Waals surface area contributed by atoms with Crippen LogP contribution in [0.25, 0.3) is 11.4 Å². The molecule has 0 saturated carbocycles. The van der Waals surface area contributed by atoms with Crippen molar-refractivity contribution < 1.29 is 4.74 Å².